The number of nitrogens with one attached hydrogen (secondary N) is 1. The molecule has 0 saturated carbocycles. The van der Waals surface area contributed by atoms with Gasteiger partial charge in [-0.15, -0.1) is 0 Å². The fourth-order valence-electron chi connectivity index (χ4n) is 4.71. The number of amides is 1. The number of halogens is 2. The van der Waals surface area contributed by atoms with Crippen molar-refractivity contribution in [1.29, 1.82) is 0 Å². The van der Waals surface area contributed by atoms with Crippen molar-refractivity contribution in [3.8, 4) is 0 Å². The van der Waals surface area contributed by atoms with Crippen molar-refractivity contribution in [2.45, 2.75) is 45.6 Å². The summed E-state index contributed by atoms with van der Waals surface area (Å²) in [4.78, 5) is 24.8. The summed E-state index contributed by atoms with van der Waals surface area (Å²) in [6.07, 6.45) is 4.40. The average Bonchev–Trinajstić information content (AvgIpc) is 3.41. The zero-order valence-corrected chi connectivity index (χ0v) is 21.0. The van der Waals surface area contributed by atoms with E-state index in [1.54, 1.807) is 30.7 Å². The molecule has 1 saturated heterocycles. The Morgan fingerprint density at radius 3 is 2.71 bits per heavy atom. The Bertz CT molecular complexity index is 1070. The molecule has 0 aromatic carbocycles. The second-order valence-electron chi connectivity index (χ2n) is 8.87. The number of hydrogen-bond acceptors (Lipinski definition) is 4. The van der Waals surface area contributed by atoms with E-state index in [0.29, 0.717) is 47.1 Å². The van der Waals surface area contributed by atoms with E-state index in [-0.39, 0.29) is 18.9 Å². The quantitative estimate of drug-likeness (QED) is 0.517. The molecule has 9 heteroatoms. The van der Waals surface area contributed by atoms with Crippen LogP contribution in [0.3, 0.4) is 0 Å². The van der Waals surface area contributed by atoms with Gasteiger partial charge in [0.1, 0.15) is 17.3 Å². The minimum absolute atomic E-state index is 0.170. The lowest BCUT2D eigenvalue weighted by atomic mass is 9.76. The first-order valence-corrected chi connectivity index (χ1v) is 11.7. The third kappa shape index (κ3) is 4.79. The number of nitrogens with zero attached hydrogens (tertiary/aromatic N) is 1. The Balaban J connectivity index is 1.92. The topological polar surface area (TPSA) is 89.8 Å². The molecule has 186 valence electrons. The summed E-state index contributed by atoms with van der Waals surface area (Å²) in [5.74, 6) is -2.71. The van der Waals surface area contributed by atoms with Gasteiger partial charge in [0.2, 0.25) is 0 Å². The summed E-state index contributed by atoms with van der Waals surface area (Å²) in [7, 11) is 3.33. The zero-order valence-electron chi connectivity index (χ0n) is 20.2. The van der Waals surface area contributed by atoms with Gasteiger partial charge in [0.25, 0.3) is 5.91 Å². The molecular formula is C25H32ClFN2O5. The number of allylic oxidation sites excluding steroid dienone is 3. The molecule has 2 aliphatic rings. The minimum atomic E-state index is -1.01. The van der Waals surface area contributed by atoms with Crippen molar-refractivity contribution in [3.63, 3.8) is 0 Å². The Hall–Kier alpha value is -2.58. The molecule has 1 fully saturated rings. The first-order chi connectivity index (χ1) is 16.1. The van der Waals surface area contributed by atoms with Crippen molar-refractivity contribution in [1.82, 2.24) is 9.88 Å². The first-order valence-electron chi connectivity index (χ1n) is 11.4. The van der Waals surface area contributed by atoms with E-state index >= 15 is 4.39 Å². The Morgan fingerprint density at radius 2 is 2.18 bits per heavy atom. The van der Waals surface area contributed by atoms with Gasteiger partial charge in [-0.2, -0.15) is 0 Å². The van der Waals surface area contributed by atoms with Gasteiger partial charge < -0.3 is 24.5 Å². The molecule has 7 nitrogen and oxygen atoms in total. The fraction of sp³-hybridized carbons (Fsp3) is 0.520. The van der Waals surface area contributed by atoms with Gasteiger partial charge in [0, 0.05) is 30.8 Å². The summed E-state index contributed by atoms with van der Waals surface area (Å²) in [5.41, 5.74) is 1.48. The van der Waals surface area contributed by atoms with Crippen molar-refractivity contribution in [2.75, 3.05) is 20.3 Å². The molecule has 1 aromatic rings. The molecule has 1 aliphatic carbocycles. The summed E-state index contributed by atoms with van der Waals surface area (Å²) in [6.45, 7) is 5.82. The van der Waals surface area contributed by atoms with Crippen LogP contribution in [0.1, 0.15) is 55.4 Å². The lowest BCUT2D eigenvalue weighted by Gasteiger charge is -2.37. The molecule has 0 spiro atoms. The van der Waals surface area contributed by atoms with Crippen molar-refractivity contribution < 1.29 is 28.6 Å². The first kappa shape index (κ1) is 26.0. The van der Waals surface area contributed by atoms with Crippen molar-refractivity contribution in [2.24, 2.45) is 18.9 Å². The van der Waals surface area contributed by atoms with Crippen LogP contribution in [0, 0.1) is 11.8 Å². The highest BCUT2D eigenvalue weighted by molar-refractivity contribution is 6.49. The normalized spacial score (nSPS) is 24.1. The van der Waals surface area contributed by atoms with Gasteiger partial charge >= 0.3 is 5.97 Å². The molecular weight excluding hydrogens is 463 g/mol. The number of hydrogen-bond donors (Lipinski definition) is 2. The number of aromatic nitrogens is 1. The molecule has 0 radical (unpaired) electrons. The number of carboxylic acid groups (broad SMARTS) is 1. The van der Waals surface area contributed by atoms with Gasteiger partial charge in [0.15, 0.2) is 0 Å². The van der Waals surface area contributed by atoms with Crippen LogP contribution in [0.2, 0.25) is 0 Å². The van der Waals surface area contributed by atoms with Gasteiger partial charge in [-0.25, -0.2) is 4.39 Å². The highest BCUT2D eigenvalue weighted by atomic mass is 35.5. The van der Waals surface area contributed by atoms with E-state index in [2.05, 4.69) is 5.32 Å². The second-order valence-corrected chi connectivity index (χ2v) is 9.25. The van der Waals surface area contributed by atoms with Crippen LogP contribution in [-0.2, 0) is 27.7 Å². The number of carbonyl (C=O) groups excluding carboxylic acids is 1. The number of methoxy groups -OCH3 is 1. The Labute approximate surface area is 204 Å². The largest absolute Gasteiger partial charge is 0.500 e. The van der Waals surface area contributed by atoms with Crippen molar-refractivity contribution >= 4 is 28.5 Å². The molecule has 0 bridgehead atoms. The fourth-order valence-corrected chi connectivity index (χ4v) is 4.95. The van der Waals surface area contributed by atoms with Gasteiger partial charge in [-0.3, -0.25) is 9.59 Å². The van der Waals surface area contributed by atoms with Crippen LogP contribution in [0.5, 0.6) is 0 Å². The van der Waals surface area contributed by atoms with Gasteiger partial charge in [-0.05, 0) is 50.8 Å². The van der Waals surface area contributed by atoms with E-state index in [1.807, 2.05) is 6.92 Å². The lowest BCUT2D eigenvalue weighted by molar-refractivity contribution is -0.139. The van der Waals surface area contributed by atoms with Crippen LogP contribution >= 0.6 is 11.6 Å². The third-order valence-electron chi connectivity index (χ3n) is 6.96. The van der Waals surface area contributed by atoms with E-state index < -0.39 is 29.2 Å². The molecule has 2 heterocycles. The number of ether oxygens (including phenoxy) is 2. The van der Waals surface area contributed by atoms with Crippen LogP contribution in [0.15, 0.2) is 35.4 Å². The lowest BCUT2D eigenvalue weighted by Crippen LogP contribution is -2.55. The second kappa shape index (κ2) is 10.4. The Kier molecular flexibility index (Phi) is 7.93. The predicted octanol–water partition coefficient (Wildman–Crippen LogP) is 4.57. The van der Waals surface area contributed by atoms with Crippen LogP contribution in [0.4, 0.5) is 4.39 Å². The average molecular weight is 495 g/mol. The number of aliphatic carboxylic acids is 1. The number of carbonyl (C=O) groups is 2. The molecule has 1 aliphatic heterocycles. The maximum Gasteiger partial charge on any atom is 0.310 e. The molecule has 34 heavy (non-hydrogen) atoms. The monoisotopic (exact) mass is 494 g/mol. The molecule has 1 amide bonds. The molecule has 2 N–H and O–H groups in total. The van der Waals surface area contributed by atoms with E-state index in [9.17, 15) is 14.7 Å². The molecule has 3 rings (SSSR count). The van der Waals surface area contributed by atoms with Gasteiger partial charge in [-0.1, -0.05) is 24.6 Å². The minimum Gasteiger partial charge on any atom is -0.500 e. The van der Waals surface area contributed by atoms with E-state index in [1.165, 1.54) is 20.1 Å². The predicted molar refractivity (Wildman–Crippen MR) is 128 cm³/mol. The summed E-state index contributed by atoms with van der Waals surface area (Å²) in [5, 5.41) is 12.8. The highest BCUT2D eigenvalue weighted by Crippen LogP contribution is 2.40. The SMILES string of the molecule is CCc1c(/C(Cl)=C(\C)OC)cc(C(=O)NC2(C3CC=C(C(C)C(=O)O)C=C3F)CCOC2)n1C. The highest BCUT2D eigenvalue weighted by Gasteiger charge is 2.46. The van der Waals surface area contributed by atoms with Crippen LogP contribution in [0.25, 0.3) is 5.03 Å². The van der Waals surface area contributed by atoms with Crippen molar-refractivity contribution in [3.05, 3.63) is 52.3 Å². The van der Waals surface area contributed by atoms with E-state index in [0.717, 1.165) is 5.69 Å². The Morgan fingerprint density at radius 1 is 1.47 bits per heavy atom. The standard InChI is InChI=1S/C25H32ClFN2O5/c1-6-20-17(22(26)15(3)33-5)12-21(29(20)4)23(30)28-25(9-10-34-13-25)18-8-7-16(11-19(18)27)14(2)24(31)32/h7,11-12,14,18H,6,8-10,13H2,1-5H3,(H,28,30)(H,31,32)/b22-15-. The number of carboxylic acids is 1. The van der Waals surface area contributed by atoms with Gasteiger partial charge in [0.05, 0.1) is 30.2 Å². The third-order valence-corrected chi connectivity index (χ3v) is 7.43. The maximum absolute atomic E-state index is 15.3. The molecule has 3 atom stereocenters. The van der Waals surface area contributed by atoms with E-state index in [4.69, 9.17) is 21.1 Å². The molecule has 1 aromatic heterocycles. The number of rotatable bonds is 8. The van der Waals surface area contributed by atoms with Crippen LogP contribution < -0.4 is 5.32 Å². The molecule has 3 unspecified atom stereocenters. The maximum atomic E-state index is 15.3. The smallest absolute Gasteiger partial charge is 0.310 e. The van der Waals surface area contributed by atoms with Crippen LogP contribution in [-0.4, -0.2) is 47.4 Å². The zero-order chi connectivity index (χ0) is 25.2. The summed E-state index contributed by atoms with van der Waals surface area (Å²) in [6, 6.07) is 1.72. The summed E-state index contributed by atoms with van der Waals surface area (Å²) >= 11 is 6.51. The summed E-state index contributed by atoms with van der Waals surface area (Å²) < 4.78 is 27.9.